The first kappa shape index (κ1) is 22.1. The second-order valence-electron chi connectivity index (χ2n) is 5.99. The molecule has 9 heteroatoms. The van der Waals surface area contributed by atoms with Gasteiger partial charge in [-0.2, -0.15) is 8.78 Å². The fraction of sp³-hybridized carbons (Fsp3) is 0.300. The number of nitrogens with zero attached hydrogens (tertiary/aromatic N) is 1. The number of alkyl halides is 2. The minimum Gasteiger partial charge on any atom is -0.434 e. The van der Waals surface area contributed by atoms with Gasteiger partial charge in [-0.15, -0.1) is 0 Å². The molecular formula is C20H23F3N4O2. The molecule has 0 fully saturated rings. The molecule has 0 unspecified atom stereocenters. The van der Waals surface area contributed by atoms with Gasteiger partial charge in [0.2, 0.25) is 5.91 Å². The predicted octanol–water partition coefficient (Wildman–Crippen LogP) is 2.45. The summed E-state index contributed by atoms with van der Waals surface area (Å²) in [6, 6.07) is 12.2. The third-order valence-electron chi connectivity index (χ3n) is 3.88. The summed E-state index contributed by atoms with van der Waals surface area (Å²) in [4.78, 5) is 15.9. The molecule has 29 heavy (non-hydrogen) atoms. The van der Waals surface area contributed by atoms with Crippen LogP contribution in [-0.4, -0.2) is 38.6 Å². The summed E-state index contributed by atoms with van der Waals surface area (Å²) in [5.41, 5.74) is 1.28. The van der Waals surface area contributed by atoms with Crippen LogP contribution in [0.1, 0.15) is 11.1 Å². The summed E-state index contributed by atoms with van der Waals surface area (Å²) in [5.74, 6) is 0.0169. The molecule has 0 heterocycles. The molecule has 6 nitrogen and oxygen atoms in total. The molecule has 0 aliphatic heterocycles. The Bertz CT molecular complexity index is 814. The lowest BCUT2D eigenvalue weighted by Crippen LogP contribution is -2.41. The monoisotopic (exact) mass is 408 g/mol. The van der Waals surface area contributed by atoms with Crippen molar-refractivity contribution in [3.05, 3.63) is 65.5 Å². The maximum atomic E-state index is 12.9. The number of para-hydroxylation sites is 1. The van der Waals surface area contributed by atoms with E-state index >= 15 is 0 Å². The average Bonchev–Trinajstić information content (AvgIpc) is 2.70. The molecule has 0 spiro atoms. The van der Waals surface area contributed by atoms with Crippen molar-refractivity contribution in [1.29, 1.82) is 0 Å². The van der Waals surface area contributed by atoms with Crippen LogP contribution in [0.4, 0.5) is 13.2 Å². The van der Waals surface area contributed by atoms with Crippen LogP contribution < -0.4 is 20.7 Å². The lowest BCUT2D eigenvalue weighted by Gasteiger charge is -2.14. The van der Waals surface area contributed by atoms with E-state index < -0.39 is 6.61 Å². The van der Waals surface area contributed by atoms with E-state index in [4.69, 9.17) is 0 Å². The van der Waals surface area contributed by atoms with Crippen molar-refractivity contribution < 1.29 is 22.7 Å². The zero-order valence-corrected chi connectivity index (χ0v) is 15.9. The predicted molar refractivity (Wildman–Crippen MR) is 104 cm³/mol. The first-order valence-electron chi connectivity index (χ1n) is 8.96. The first-order chi connectivity index (χ1) is 14.0. The molecule has 2 aromatic rings. The normalized spacial score (nSPS) is 11.3. The Hall–Kier alpha value is -3.23. The first-order valence-corrected chi connectivity index (χ1v) is 8.96. The second-order valence-corrected chi connectivity index (χ2v) is 5.99. The lowest BCUT2D eigenvalue weighted by atomic mass is 10.1. The van der Waals surface area contributed by atoms with Gasteiger partial charge >= 0.3 is 6.61 Å². The van der Waals surface area contributed by atoms with E-state index in [1.807, 2.05) is 0 Å². The molecule has 0 aliphatic rings. The largest absolute Gasteiger partial charge is 0.434 e. The van der Waals surface area contributed by atoms with Crippen molar-refractivity contribution >= 4 is 11.9 Å². The van der Waals surface area contributed by atoms with Crippen LogP contribution in [0.15, 0.2) is 53.5 Å². The molecule has 3 N–H and O–H groups in total. The highest BCUT2D eigenvalue weighted by atomic mass is 19.3. The number of carbonyl (C=O) groups excluding carboxylic acids is 1. The molecule has 0 saturated heterocycles. The van der Waals surface area contributed by atoms with Crippen molar-refractivity contribution in [2.75, 3.05) is 20.1 Å². The maximum Gasteiger partial charge on any atom is 0.387 e. The van der Waals surface area contributed by atoms with Gasteiger partial charge in [-0.3, -0.25) is 9.79 Å². The van der Waals surface area contributed by atoms with Crippen LogP contribution in [0.2, 0.25) is 0 Å². The van der Waals surface area contributed by atoms with Crippen molar-refractivity contribution in [1.82, 2.24) is 16.0 Å². The van der Waals surface area contributed by atoms with E-state index in [-0.39, 0.29) is 30.4 Å². The Kier molecular flexibility index (Phi) is 8.81. The van der Waals surface area contributed by atoms with E-state index in [0.29, 0.717) is 24.6 Å². The van der Waals surface area contributed by atoms with E-state index in [2.05, 4.69) is 25.7 Å². The van der Waals surface area contributed by atoms with Crippen LogP contribution >= 0.6 is 0 Å². The number of hydrogen-bond donors (Lipinski definition) is 3. The molecule has 2 rings (SSSR count). The molecule has 2 aromatic carbocycles. The topological polar surface area (TPSA) is 74.8 Å². The minimum atomic E-state index is -2.90. The van der Waals surface area contributed by atoms with Crippen molar-refractivity contribution in [2.24, 2.45) is 4.99 Å². The molecular weight excluding hydrogens is 385 g/mol. The Morgan fingerprint density at radius 1 is 1.03 bits per heavy atom. The number of aliphatic imine (C=N–C) groups is 1. The van der Waals surface area contributed by atoms with Gasteiger partial charge in [-0.05, 0) is 23.8 Å². The number of carbonyl (C=O) groups is 1. The molecule has 1 amide bonds. The van der Waals surface area contributed by atoms with Crippen LogP contribution in [0.3, 0.4) is 0 Å². The van der Waals surface area contributed by atoms with E-state index in [0.717, 1.165) is 5.56 Å². The number of hydrogen-bond acceptors (Lipinski definition) is 3. The third-order valence-corrected chi connectivity index (χ3v) is 3.88. The fourth-order valence-corrected chi connectivity index (χ4v) is 2.49. The zero-order chi connectivity index (χ0) is 21.1. The van der Waals surface area contributed by atoms with Crippen molar-refractivity contribution in [3.63, 3.8) is 0 Å². The Labute approximate surface area is 167 Å². The van der Waals surface area contributed by atoms with Crippen LogP contribution in [0, 0.1) is 5.82 Å². The fourth-order valence-electron chi connectivity index (χ4n) is 2.49. The third kappa shape index (κ3) is 8.12. The van der Waals surface area contributed by atoms with Gasteiger partial charge in [0.15, 0.2) is 5.96 Å². The van der Waals surface area contributed by atoms with Gasteiger partial charge in [-0.25, -0.2) is 4.39 Å². The SMILES string of the molecule is CN=C(NCCNC(=O)Cc1ccc(F)cc1)NCc1ccccc1OC(F)F. The number of nitrogens with one attached hydrogen (secondary N) is 3. The van der Waals surface area contributed by atoms with Gasteiger partial charge in [0, 0.05) is 32.2 Å². The summed E-state index contributed by atoms with van der Waals surface area (Å²) in [5, 5.41) is 8.76. The molecule has 156 valence electrons. The Morgan fingerprint density at radius 3 is 2.41 bits per heavy atom. The van der Waals surface area contributed by atoms with Crippen molar-refractivity contribution in [2.45, 2.75) is 19.6 Å². The summed E-state index contributed by atoms with van der Waals surface area (Å²) < 4.78 is 42.3. The van der Waals surface area contributed by atoms with Crippen LogP contribution in [0.5, 0.6) is 5.75 Å². The van der Waals surface area contributed by atoms with E-state index in [1.54, 1.807) is 37.4 Å². The molecule has 0 aliphatic carbocycles. The highest BCUT2D eigenvalue weighted by Gasteiger charge is 2.09. The van der Waals surface area contributed by atoms with Crippen LogP contribution in [0.25, 0.3) is 0 Å². The number of guanidine groups is 1. The smallest absolute Gasteiger partial charge is 0.387 e. The van der Waals surface area contributed by atoms with Gasteiger partial charge in [0.25, 0.3) is 0 Å². The molecule has 0 radical (unpaired) electrons. The van der Waals surface area contributed by atoms with Gasteiger partial charge in [0.05, 0.1) is 6.42 Å². The van der Waals surface area contributed by atoms with Gasteiger partial charge < -0.3 is 20.7 Å². The number of amides is 1. The number of ether oxygens (including phenoxy) is 1. The standard InChI is InChI=1S/C20H23F3N4O2/c1-24-20(27-13-15-4-2-3-5-17(15)29-19(22)23)26-11-10-25-18(28)12-14-6-8-16(21)9-7-14/h2-9,19H,10-13H2,1H3,(H,25,28)(H2,24,26,27). The van der Waals surface area contributed by atoms with Gasteiger partial charge in [-0.1, -0.05) is 30.3 Å². The van der Waals surface area contributed by atoms with Crippen molar-refractivity contribution in [3.8, 4) is 5.75 Å². The quantitative estimate of drug-likeness (QED) is 0.339. The highest BCUT2D eigenvalue weighted by Crippen LogP contribution is 2.19. The molecule has 0 atom stereocenters. The summed E-state index contributed by atoms with van der Waals surface area (Å²) in [6.07, 6.45) is 0.161. The highest BCUT2D eigenvalue weighted by molar-refractivity contribution is 5.80. The molecule has 0 bridgehead atoms. The summed E-state index contributed by atoms with van der Waals surface area (Å²) in [6.45, 7) is -1.90. The Morgan fingerprint density at radius 2 is 1.72 bits per heavy atom. The zero-order valence-electron chi connectivity index (χ0n) is 15.9. The second kappa shape index (κ2) is 11.6. The average molecular weight is 408 g/mol. The van der Waals surface area contributed by atoms with Gasteiger partial charge in [0.1, 0.15) is 11.6 Å². The van der Waals surface area contributed by atoms with E-state index in [9.17, 15) is 18.0 Å². The molecule has 0 aromatic heterocycles. The number of halogens is 3. The lowest BCUT2D eigenvalue weighted by molar-refractivity contribution is -0.120. The Balaban J connectivity index is 1.71. The minimum absolute atomic E-state index is 0.0958. The number of benzene rings is 2. The maximum absolute atomic E-state index is 12.9. The summed E-state index contributed by atoms with van der Waals surface area (Å²) >= 11 is 0. The van der Waals surface area contributed by atoms with Crippen LogP contribution in [-0.2, 0) is 17.8 Å². The summed E-state index contributed by atoms with van der Waals surface area (Å²) in [7, 11) is 1.57. The number of rotatable bonds is 9. The molecule has 0 saturated carbocycles. The van der Waals surface area contributed by atoms with E-state index in [1.165, 1.54) is 18.2 Å².